The largest absolute Gasteiger partial charge is 0.428 e. The Hall–Kier alpha value is -4.04. The minimum atomic E-state index is -0.576. The molecule has 0 aliphatic carbocycles. The first kappa shape index (κ1) is 28.5. The van der Waals surface area contributed by atoms with Crippen LogP contribution in [0.25, 0.3) is 22.2 Å². The summed E-state index contributed by atoms with van der Waals surface area (Å²) in [6, 6.07) is 24.9. The van der Waals surface area contributed by atoms with E-state index >= 15 is 0 Å². The minimum absolute atomic E-state index is 0.170. The molecule has 1 aliphatic heterocycles. The second-order valence-corrected chi connectivity index (χ2v) is 12.3. The maximum Gasteiger partial charge on any atom is 0.422 e. The summed E-state index contributed by atoms with van der Waals surface area (Å²) in [7, 11) is 0. The van der Waals surface area contributed by atoms with Crippen molar-refractivity contribution in [2.24, 2.45) is 5.41 Å². The first-order chi connectivity index (χ1) is 19.5. The molecule has 3 aromatic carbocycles. The number of nitrogens with zero attached hydrogens (tertiary/aromatic N) is 3. The van der Waals surface area contributed by atoms with Crippen molar-refractivity contribution in [3.8, 4) is 11.1 Å². The van der Waals surface area contributed by atoms with Crippen LogP contribution in [0.2, 0.25) is 0 Å². The van der Waals surface area contributed by atoms with Gasteiger partial charge in [0.25, 0.3) is 0 Å². The summed E-state index contributed by atoms with van der Waals surface area (Å²) in [5.41, 5.74) is 5.08. The van der Waals surface area contributed by atoms with Crippen molar-refractivity contribution in [3.63, 3.8) is 0 Å². The van der Waals surface area contributed by atoms with E-state index in [0.717, 1.165) is 38.4 Å². The van der Waals surface area contributed by atoms with Crippen LogP contribution in [0.15, 0.2) is 82.0 Å². The number of benzene rings is 3. The molecule has 1 N–H and O–H groups in total. The smallest absolute Gasteiger partial charge is 0.422 e. The normalized spacial score (nSPS) is 14.8. The minimum Gasteiger partial charge on any atom is -0.428 e. The number of fused-ring (bicyclic) bond motifs is 1. The molecule has 1 aliphatic rings. The highest BCUT2D eigenvalue weighted by molar-refractivity contribution is 5.87. The molecular weight excluding hydrogens is 516 g/mol. The van der Waals surface area contributed by atoms with Gasteiger partial charge in [0.2, 0.25) is 0 Å². The highest BCUT2D eigenvalue weighted by Crippen LogP contribution is 2.30. The van der Waals surface area contributed by atoms with Gasteiger partial charge in [0, 0.05) is 38.3 Å². The molecule has 1 saturated heterocycles. The Balaban J connectivity index is 1.23. The maximum atomic E-state index is 12.8. The van der Waals surface area contributed by atoms with Crippen molar-refractivity contribution in [2.45, 2.75) is 53.4 Å². The first-order valence-corrected chi connectivity index (χ1v) is 14.2. The topological polar surface area (TPSA) is 79.9 Å². The molecule has 5 rings (SSSR count). The number of alkyl carbamates (subject to hydrolysis) is 1. The van der Waals surface area contributed by atoms with E-state index in [4.69, 9.17) is 9.15 Å². The summed E-state index contributed by atoms with van der Waals surface area (Å²) in [5.74, 6) is -0.549. The second-order valence-electron chi connectivity index (χ2n) is 12.3. The van der Waals surface area contributed by atoms with Gasteiger partial charge in [-0.25, -0.2) is 14.2 Å². The summed E-state index contributed by atoms with van der Waals surface area (Å²) < 4.78 is 12.5. The number of carbonyl (C=O) groups is 1. The standard InChI is InChI=1S/C33H40N4O4/c1-32(2,3)33(4,5)34-30(38)40-23-37-28-16-10-15-27(29(28)41-31(37)39)36-19-17-35(18-20-36)22-24-11-9-14-26(21-24)25-12-7-6-8-13-25/h6-16,21H,17-20,22-23H2,1-5H3,(H,34,38). The van der Waals surface area contributed by atoms with Crippen LogP contribution < -0.4 is 16.0 Å². The van der Waals surface area contributed by atoms with Crippen molar-refractivity contribution in [3.05, 3.63) is 88.9 Å². The third-order valence-electron chi connectivity index (χ3n) is 8.44. The van der Waals surface area contributed by atoms with Crippen LogP contribution in [0, 0.1) is 5.41 Å². The summed E-state index contributed by atoms with van der Waals surface area (Å²) in [5, 5.41) is 2.90. The molecular formula is C33H40N4O4. The van der Waals surface area contributed by atoms with Crippen LogP contribution in [-0.2, 0) is 18.0 Å². The molecule has 0 spiro atoms. The number of rotatable bonds is 7. The van der Waals surface area contributed by atoms with E-state index < -0.39 is 17.4 Å². The lowest BCUT2D eigenvalue weighted by atomic mass is 9.76. The van der Waals surface area contributed by atoms with Crippen LogP contribution in [0.1, 0.15) is 40.2 Å². The predicted molar refractivity (Wildman–Crippen MR) is 163 cm³/mol. The molecule has 8 nitrogen and oxygen atoms in total. The Morgan fingerprint density at radius 1 is 0.878 bits per heavy atom. The molecule has 0 radical (unpaired) electrons. The van der Waals surface area contributed by atoms with Gasteiger partial charge in [-0.15, -0.1) is 0 Å². The lowest BCUT2D eigenvalue weighted by molar-refractivity contribution is 0.0873. The van der Waals surface area contributed by atoms with Gasteiger partial charge in [0.15, 0.2) is 12.3 Å². The predicted octanol–water partition coefficient (Wildman–Crippen LogP) is 6.09. The Bertz CT molecular complexity index is 1560. The summed E-state index contributed by atoms with van der Waals surface area (Å²) in [4.78, 5) is 30.0. The maximum absolute atomic E-state index is 12.8. The average Bonchev–Trinajstić information content (AvgIpc) is 3.27. The van der Waals surface area contributed by atoms with Crippen molar-refractivity contribution in [1.82, 2.24) is 14.8 Å². The summed E-state index contributed by atoms with van der Waals surface area (Å²) >= 11 is 0. The van der Waals surface area contributed by atoms with Crippen LogP contribution in [0.3, 0.4) is 0 Å². The van der Waals surface area contributed by atoms with E-state index in [9.17, 15) is 9.59 Å². The number of hydrogen-bond acceptors (Lipinski definition) is 6. The van der Waals surface area contributed by atoms with E-state index in [1.54, 1.807) is 0 Å². The van der Waals surface area contributed by atoms with Crippen molar-refractivity contribution in [2.75, 3.05) is 31.1 Å². The van der Waals surface area contributed by atoms with E-state index in [1.165, 1.54) is 21.3 Å². The molecule has 0 unspecified atom stereocenters. The van der Waals surface area contributed by atoms with E-state index in [0.29, 0.717) is 11.1 Å². The Morgan fingerprint density at radius 3 is 2.27 bits per heavy atom. The van der Waals surface area contributed by atoms with Crippen LogP contribution in [-0.4, -0.2) is 47.3 Å². The summed E-state index contributed by atoms with van der Waals surface area (Å²) in [6.07, 6.45) is -0.576. The zero-order valence-electron chi connectivity index (χ0n) is 24.6. The zero-order valence-corrected chi connectivity index (χ0v) is 24.6. The van der Waals surface area contributed by atoms with Crippen LogP contribution in [0.5, 0.6) is 0 Å². The van der Waals surface area contributed by atoms with Crippen LogP contribution in [0.4, 0.5) is 10.5 Å². The Kier molecular flexibility index (Phi) is 7.95. The molecule has 41 heavy (non-hydrogen) atoms. The first-order valence-electron chi connectivity index (χ1n) is 14.2. The van der Waals surface area contributed by atoms with Crippen LogP contribution >= 0.6 is 0 Å². The number of anilines is 1. The molecule has 0 saturated carbocycles. The highest BCUT2D eigenvalue weighted by Gasteiger charge is 2.34. The molecule has 0 atom stereocenters. The van der Waals surface area contributed by atoms with Gasteiger partial charge in [-0.3, -0.25) is 4.90 Å². The van der Waals surface area contributed by atoms with E-state index in [1.807, 2.05) is 58.9 Å². The summed E-state index contributed by atoms with van der Waals surface area (Å²) in [6.45, 7) is 14.1. The zero-order chi connectivity index (χ0) is 29.2. The molecule has 8 heteroatoms. The highest BCUT2D eigenvalue weighted by atomic mass is 16.6. The second kappa shape index (κ2) is 11.4. The quantitative estimate of drug-likeness (QED) is 0.297. The number of aromatic nitrogens is 1. The van der Waals surface area contributed by atoms with Gasteiger partial charge in [-0.1, -0.05) is 75.4 Å². The number of hydrogen-bond donors (Lipinski definition) is 1. The van der Waals surface area contributed by atoms with Crippen molar-refractivity contribution < 1.29 is 13.9 Å². The number of ether oxygens (including phenoxy) is 1. The van der Waals surface area contributed by atoms with Gasteiger partial charge < -0.3 is 19.4 Å². The number of para-hydroxylation sites is 1. The third kappa shape index (κ3) is 6.33. The van der Waals surface area contributed by atoms with Gasteiger partial charge in [-0.05, 0) is 54.2 Å². The number of carbonyl (C=O) groups excluding carboxylic acids is 1. The molecule has 2 heterocycles. The fourth-order valence-electron chi connectivity index (χ4n) is 4.93. The van der Waals surface area contributed by atoms with Gasteiger partial charge in [0.05, 0.1) is 11.2 Å². The SMILES string of the molecule is CC(C)(C)C(C)(C)NC(=O)OCn1c(=O)oc2c(N3CCN(Cc4cccc(-c5ccccc5)c4)CC3)cccc21. The fraction of sp³-hybridized carbons (Fsp3) is 0.394. The molecule has 0 bridgehead atoms. The Labute approximate surface area is 241 Å². The monoisotopic (exact) mass is 556 g/mol. The number of nitrogens with one attached hydrogen (secondary N) is 1. The molecule has 216 valence electrons. The fourth-order valence-corrected chi connectivity index (χ4v) is 4.93. The molecule has 1 amide bonds. The number of amides is 1. The van der Waals surface area contributed by atoms with Crippen molar-refractivity contribution in [1.29, 1.82) is 0 Å². The van der Waals surface area contributed by atoms with Gasteiger partial charge in [0.1, 0.15) is 0 Å². The molecule has 4 aromatic rings. The third-order valence-corrected chi connectivity index (χ3v) is 8.44. The molecule has 1 aromatic heterocycles. The average molecular weight is 557 g/mol. The number of piperazine rings is 1. The number of oxazole rings is 1. The Morgan fingerprint density at radius 2 is 1.56 bits per heavy atom. The van der Waals surface area contributed by atoms with Crippen molar-refractivity contribution >= 4 is 22.9 Å². The van der Waals surface area contributed by atoms with Gasteiger partial charge in [-0.2, -0.15) is 0 Å². The van der Waals surface area contributed by atoms with Gasteiger partial charge >= 0.3 is 11.8 Å². The van der Waals surface area contributed by atoms with E-state index in [-0.39, 0.29) is 12.1 Å². The van der Waals surface area contributed by atoms with E-state index in [2.05, 4.69) is 63.6 Å². The molecule has 1 fully saturated rings. The lowest BCUT2D eigenvalue weighted by Gasteiger charge is -2.38. The lowest BCUT2D eigenvalue weighted by Crippen LogP contribution is -2.52.